The number of amides is 4. The molecule has 23 heteroatoms. The zero-order valence-corrected chi connectivity index (χ0v) is 35.1. The molecule has 0 spiro atoms. The summed E-state index contributed by atoms with van der Waals surface area (Å²) in [4.78, 5) is 78.5. The maximum absolute atomic E-state index is 11.7. The number of hydrogen-bond acceptors (Lipinski definition) is 21. The average Bonchev–Trinajstić information content (AvgIpc) is 3.74. The Morgan fingerprint density at radius 2 is 0.426 bits per heavy atom. The molecule has 0 N–H and O–H groups in total. The van der Waals surface area contributed by atoms with Gasteiger partial charge in [-0.3, -0.25) is 19.2 Å². The fourth-order valence-electron chi connectivity index (χ4n) is 4.66. The minimum Gasteiger partial charge on any atom is -0.378 e. The third-order valence-electron chi connectivity index (χ3n) is 7.76. The molecule has 0 aliphatic carbocycles. The van der Waals surface area contributed by atoms with E-state index in [9.17, 15) is 28.8 Å². The molecule has 0 aromatic rings. The van der Waals surface area contributed by atoms with Crippen molar-refractivity contribution < 1.29 is 100 Å². The van der Waals surface area contributed by atoms with Crippen LogP contribution in [0.3, 0.4) is 0 Å². The Bertz CT molecular complexity index is 1080. The van der Waals surface area contributed by atoms with Crippen molar-refractivity contribution in [2.75, 3.05) is 172 Å². The molecule has 23 nitrogen and oxygen atoms in total. The molecule has 0 saturated carbocycles. The quantitative estimate of drug-likeness (QED) is 0.0537. The van der Waals surface area contributed by atoms with Crippen molar-refractivity contribution in [2.24, 2.45) is 0 Å². The summed E-state index contributed by atoms with van der Waals surface area (Å²) in [6.07, 6.45) is 0.0354. The highest BCUT2D eigenvalue weighted by Gasteiger charge is 2.33. The van der Waals surface area contributed by atoms with Crippen LogP contribution >= 0.6 is 0 Å². The standard InChI is InChI=1S/C38H64N2O21/c41-33-1-2-34(42)39(33)60-37(45)5-7-47-9-11-49-13-15-51-17-19-53-21-23-55-25-27-57-29-31-59-32-30-58-28-26-56-24-22-54-20-18-52-16-14-50-12-10-48-8-6-38(46)61-40-35(43)3-4-36(40)44/h1-32H2. The van der Waals surface area contributed by atoms with Gasteiger partial charge in [-0.2, -0.15) is 0 Å². The molecule has 2 rings (SSSR count). The SMILES string of the molecule is O=C(CCOCCOCCOCCOCCOCCOCCOCCOCCOCCOCCOCCOCCOCCC(=O)ON1C(=O)CCC1=O)ON1C(=O)CCC1=O. The van der Waals surface area contributed by atoms with Gasteiger partial charge < -0.3 is 71.3 Å². The van der Waals surface area contributed by atoms with E-state index >= 15 is 0 Å². The van der Waals surface area contributed by atoms with E-state index in [-0.39, 0.29) is 65.0 Å². The number of rotatable bonds is 44. The number of ether oxygens (including phenoxy) is 13. The lowest BCUT2D eigenvalue weighted by molar-refractivity contribution is -0.198. The van der Waals surface area contributed by atoms with Gasteiger partial charge in [0.05, 0.1) is 185 Å². The van der Waals surface area contributed by atoms with Gasteiger partial charge in [0.25, 0.3) is 23.6 Å². The molecule has 2 fully saturated rings. The molecule has 0 bridgehead atoms. The van der Waals surface area contributed by atoms with Crippen LogP contribution in [0, 0.1) is 0 Å². The molecule has 352 valence electrons. The Balaban J connectivity index is 1.14. The Morgan fingerprint density at radius 3 is 0.590 bits per heavy atom. The molecule has 0 radical (unpaired) electrons. The maximum atomic E-state index is 11.7. The summed E-state index contributed by atoms with van der Waals surface area (Å²) in [5, 5.41) is 1.03. The predicted octanol–water partition coefficient (Wildman–Crippen LogP) is -0.803. The number of hydroxylamine groups is 4. The second-order valence-corrected chi connectivity index (χ2v) is 12.6. The van der Waals surface area contributed by atoms with Crippen molar-refractivity contribution in [2.45, 2.75) is 38.5 Å². The summed E-state index contributed by atoms with van der Waals surface area (Å²) >= 11 is 0. The van der Waals surface area contributed by atoms with E-state index in [1.165, 1.54) is 0 Å². The molecule has 2 heterocycles. The van der Waals surface area contributed by atoms with E-state index in [1.54, 1.807) is 0 Å². The van der Waals surface area contributed by atoms with Crippen LogP contribution in [-0.2, 0) is 100 Å². The minimum atomic E-state index is -0.708. The molecule has 61 heavy (non-hydrogen) atoms. The lowest BCUT2D eigenvalue weighted by Gasteiger charge is -2.12. The fourth-order valence-corrected chi connectivity index (χ4v) is 4.66. The van der Waals surface area contributed by atoms with Crippen LogP contribution < -0.4 is 0 Å². The highest BCUT2D eigenvalue weighted by Crippen LogP contribution is 2.13. The van der Waals surface area contributed by atoms with Crippen LogP contribution in [0.5, 0.6) is 0 Å². The van der Waals surface area contributed by atoms with Crippen LogP contribution in [0.1, 0.15) is 38.5 Å². The van der Waals surface area contributed by atoms with Crippen molar-refractivity contribution in [3.63, 3.8) is 0 Å². The lowest BCUT2D eigenvalue weighted by Crippen LogP contribution is -2.32. The topological polar surface area (TPSA) is 247 Å². The molecular formula is C38H64N2O21. The molecule has 0 atom stereocenters. The Hall–Kier alpha value is -3.30. The van der Waals surface area contributed by atoms with Gasteiger partial charge in [0, 0.05) is 25.7 Å². The second kappa shape index (κ2) is 38.4. The van der Waals surface area contributed by atoms with Gasteiger partial charge in [0.1, 0.15) is 0 Å². The van der Waals surface area contributed by atoms with Crippen LogP contribution in [0.4, 0.5) is 0 Å². The number of carbonyl (C=O) groups excluding carboxylic acids is 6. The van der Waals surface area contributed by atoms with Gasteiger partial charge >= 0.3 is 11.9 Å². The molecule has 2 aliphatic heterocycles. The minimum absolute atomic E-state index is 0.0508. The van der Waals surface area contributed by atoms with Crippen molar-refractivity contribution >= 4 is 35.6 Å². The summed E-state index contributed by atoms with van der Waals surface area (Å²) in [5.41, 5.74) is 0. The maximum Gasteiger partial charge on any atom is 0.335 e. The smallest absolute Gasteiger partial charge is 0.335 e. The monoisotopic (exact) mass is 884 g/mol. The molecule has 0 aromatic heterocycles. The Labute approximate surface area is 355 Å². The number of nitrogens with zero attached hydrogens (tertiary/aromatic N) is 2. The number of carbonyl (C=O) groups is 6. The number of hydrogen-bond donors (Lipinski definition) is 0. The van der Waals surface area contributed by atoms with E-state index < -0.39 is 35.6 Å². The van der Waals surface area contributed by atoms with Crippen molar-refractivity contribution in [1.29, 1.82) is 0 Å². The van der Waals surface area contributed by atoms with Crippen molar-refractivity contribution in [3.8, 4) is 0 Å². The molecular weight excluding hydrogens is 820 g/mol. The summed E-state index contributed by atoms with van der Waals surface area (Å²) in [5.74, 6) is -3.49. The first-order valence-corrected chi connectivity index (χ1v) is 20.5. The van der Waals surface area contributed by atoms with E-state index in [2.05, 4.69) is 0 Å². The normalized spacial score (nSPS) is 14.2. The Morgan fingerprint density at radius 1 is 0.279 bits per heavy atom. The van der Waals surface area contributed by atoms with E-state index in [0.29, 0.717) is 155 Å². The van der Waals surface area contributed by atoms with Gasteiger partial charge in [-0.1, -0.05) is 0 Å². The van der Waals surface area contributed by atoms with Crippen molar-refractivity contribution in [3.05, 3.63) is 0 Å². The third kappa shape index (κ3) is 30.4. The van der Waals surface area contributed by atoms with E-state index in [4.69, 9.17) is 71.3 Å². The van der Waals surface area contributed by atoms with Crippen LogP contribution in [-0.4, -0.2) is 217 Å². The Kier molecular flexibility index (Phi) is 33.9. The van der Waals surface area contributed by atoms with Crippen LogP contribution in [0.25, 0.3) is 0 Å². The fraction of sp³-hybridized carbons (Fsp3) is 0.842. The predicted molar refractivity (Wildman–Crippen MR) is 204 cm³/mol. The van der Waals surface area contributed by atoms with Gasteiger partial charge in [0.15, 0.2) is 0 Å². The van der Waals surface area contributed by atoms with Crippen LogP contribution in [0.2, 0.25) is 0 Å². The molecule has 0 aromatic carbocycles. The van der Waals surface area contributed by atoms with Crippen molar-refractivity contribution in [1.82, 2.24) is 10.1 Å². The second-order valence-electron chi connectivity index (χ2n) is 12.6. The first kappa shape index (κ1) is 53.8. The molecule has 4 amide bonds. The molecule has 2 saturated heterocycles. The number of imide groups is 2. The zero-order chi connectivity index (χ0) is 43.9. The molecule has 2 aliphatic rings. The van der Waals surface area contributed by atoms with Gasteiger partial charge in [-0.25, -0.2) is 9.59 Å². The van der Waals surface area contributed by atoms with Gasteiger partial charge in [-0.15, -0.1) is 10.1 Å². The summed E-state index contributed by atoms with van der Waals surface area (Å²) in [7, 11) is 0. The van der Waals surface area contributed by atoms with E-state index in [0.717, 1.165) is 0 Å². The largest absolute Gasteiger partial charge is 0.378 e. The lowest BCUT2D eigenvalue weighted by atomic mass is 10.4. The summed E-state index contributed by atoms with van der Waals surface area (Å²) in [6.45, 7) is 10.0. The summed E-state index contributed by atoms with van der Waals surface area (Å²) < 4.78 is 70.4. The third-order valence-corrected chi connectivity index (χ3v) is 7.76. The highest BCUT2D eigenvalue weighted by atomic mass is 16.7. The summed E-state index contributed by atoms with van der Waals surface area (Å²) in [6, 6.07) is 0. The zero-order valence-electron chi connectivity index (χ0n) is 35.1. The van der Waals surface area contributed by atoms with Gasteiger partial charge in [-0.05, 0) is 0 Å². The van der Waals surface area contributed by atoms with E-state index in [1.807, 2.05) is 0 Å². The first-order chi connectivity index (χ1) is 29.9. The average molecular weight is 885 g/mol. The first-order valence-electron chi connectivity index (χ1n) is 20.5. The van der Waals surface area contributed by atoms with Crippen LogP contribution in [0.15, 0.2) is 0 Å². The van der Waals surface area contributed by atoms with Gasteiger partial charge in [0.2, 0.25) is 0 Å². The highest BCUT2D eigenvalue weighted by molar-refractivity contribution is 6.02. The molecule has 0 unspecified atom stereocenters.